The molecule has 0 aliphatic heterocycles. The molecule has 0 aliphatic rings. The van der Waals surface area contributed by atoms with E-state index in [2.05, 4.69) is 11.4 Å². The van der Waals surface area contributed by atoms with Crippen molar-refractivity contribution in [1.82, 2.24) is 5.32 Å². The number of hydrogen-bond acceptors (Lipinski definition) is 3. The van der Waals surface area contributed by atoms with Gasteiger partial charge >= 0.3 is 0 Å². The summed E-state index contributed by atoms with van der Waals surface area (Å²) in [6.07, 6.45) is 0. The second-order valence-corrected chi connectivity index (χ2v) is 5.01. The lowest BCUT2D eigenvalue weighted by atomic mass is 10.1. The Morgan fingerprint density at radius 2 is 2.09 bits per heavy atom. The van der Waals surface area contributed by atoms with Gasteiger partial charge in [-0.2, -0.15) is 5.26 Å². The third-order valence-corrected chi connectivity index (χ3v) is 3.36. The van der Waals surface area contributed by atoms with Crippen LogP contribution in [0.3, 0.4) is 0 Å². The second kappa shape index (κ2) is 7.41. The van der Waals surface area contributed by atoms with Crippen LogP contribution in [0, 0.1) is 24.1 Å². The molecular formula is C18H17FN2O2. The molecule has 2 aromatic carbocycles. The van der Waals surface area contributed by atoms with Crippen molar-refractivity contribution in [2.45, 2.75) is 20.4 Å². The fourth-order valence-electron chi connectivity index (χ4n) is 2.12. The molecule has 0 bridgehead atoms. The molecule has 118 valence electrons. The van der Waals surface area contributed by atoms with E-state index in [9.17, 15) is 9.18 Å². The number of ether oxygens (including phenoxy) is 1. The van der Waals surface area contributed by atoms with E-state index >= 15 is 0 Å². The number of aryl methyl sites for hydroxylation is 1. The topological polar surface area (TPSA) is 62.1 Å². The number of hydrogen-bond donors (Lipinski definition) is 1. The van der Waals surface area contributed by atoms with E-state index in [-0.39, 0.29) is 18.3 Å². The molecule has 2 rings (SSSR count). The number of halogens is 1. The van der Waals surface area contributed by atoms with Crippen LogP contribution in [0.25, 0.3) is 0 Å². The van der Waals surface area contributed by atoms with Gasteiger partial charge in [0.05, 0.1) is 18.2 Å². The van der Waals surface area contributed by atoms with Crippen LogP contribution >= 0.6 is 0 Å². The van der Waals surface area contributed by atoms with Gasteiger partial charge in [0.2, 0.25) is 0 Å². The minimum absolute atomic E-state index is 0.260. The Balaban J connectivity index is 2.12. The number of nitrogens with one attached hydrogen (secondary N) is 1. The smallest absolute Gasteiger partial charge is 0.251 e. The van der Waals surface area contributed by atoms with Gasteiger partial charge in [0, 0.05) is 17.7 Å². The van der Waals surface area contributed by atoms with Gasteiger partial charge < -0.3 is 10.1 Å². The zero-order valence-corrected chi connectivity index (χ0v) is 13.0. The molecular weight excluding hydrogens is 295 g/mol. The predicted octanol–water partition coefficient (Wildman–Crippen LogP) is 3.33. The predicted molar refractivity (Wildman–Crippen MR) is 84.6 cm³/mol. The quantitative estimate of drug-likeness (QED) is 0.921. The van der Waals surface area contributed by atoms with Crippen molar-refractivity contribution < 1.29 is 13.9 Å². The van der Waals surface area contributed by atoms with Crippen molar-refractivity contribution in [1.29, 1.82) is 5.26 Å². The highest BCUT2D eigenvalue weighted by molar-refractivity contribution is 5.94. The van der Waals surface area contributed by atoms with Crippen LogP contribution < -0.4 is 10.1 Å². The van der Waals surface area contributed by atoms with Crippen LogP contribution in [-0.2, 0) is 6.54 Å². The van der Waals surface area contributed by atoms with E-state index in [1.807, 2.05) is 6.92 Å². The monoisotopic (exact) mass is 312 g/mol. The Kier molecular flexibility index (Phi) is 5.32. The molecule has 0 spiro atoms. The fraction of sp³-hybridized carbons (Fsp3) is 0.222. The van der Waals surface area contributed by atoms with Crippen molar-refractivity contribution in [3.63, 3.8) is 0 Å². The molecule has 5 heteroatoms. The third kappa shape index (κ3) is 4.07. The molecule has 0 atom stereocenters. The zero-order valence-electron chi connectivity index (χ0n) is 13.0. The number of nitrogens with zero attached hydrogens (tertiary/aromatic N) is 1. The van der Waals surface area contributed by atoms with Crippen molar-refractivity contribution >= 4 is 5.91 Å². The molecule has 0 fully saturated rings. The first kappa shape index (κ1) is 16.5. The summed E-state index contributed by atoms with van der Waals surface area (Å²) in [6.45, 7) is 4.19. The van der Waals surface area contributed by atoms with Crippen LogP contribution in [0.4, 0.5) is 4.39 Å². The maximum absolute atomic E-state index is 13.2. The first-order valence-corrected chi connectivity index (χ1v) is 7.25. The van der Waals surface area contributed by atoms with E-state index in [0.29, 0.717) is 29.0 Å². The Morgan fingerprint density at radius 1 is 1.30 bits per heavy atom. The Morgan fingerprint density at radius 3 is 2.74 bits per heavy atom. The minimum atomic E-state index is -0.340. The number of carbonyl (C=O) groups excluding carboxylic acids is 1. The van der Waals surface area contributed by atoms with E-state index in [1.54, 1.807) is 25.1 Å². The van der Waals surface area contributed by atoms with Crippen molar-refractivity contribution in [3.05, 3.63) is 64.5 Å². The summed E-state index contributed by atoms with van der Waals surface area (Å²) in [6, 6.07) is 11.3. The second-order valence-electron chi connectivity index (χ2n) is 5.01. The van der Waals surface area contributed by atoms with E-state index < -0.39 is 0 Å². The van der Waals surface area contributed by atoms with Gasteiger partial charge in [-0.05, 0) is 49.7 Å². The molecule has 0 unspecified atom stereocenters. The number of carbonyl (C=O) groups is 1. The van der Waals surface area contributed by atoms with Gasteiger partial charge in [0.1, 0.15) is 11.6 Å². The van der Waals surface area contributed by atoms with Crippen LogP contribution in [0.5, 0.6) is 5.75 Å². The van der Waals surface area contributed by atoms with Crippen molar-refractivity contribution in [2.24, 2.45) is 0 Å². The Bertz CT molecular complexity index is 766. The summed E-state index contributed by atoms with van der Waals surface area (Å²) in [5.41, 5.74) is 2.09. The molecule has 0 aliphatic carbocycles. The van der Waals surface area contributed by atoms with Gasteiger partial charge in [-0.15, -0.1) is 0 Å². The maximum atomic E-state index is 13.2. The Hall–Kier alpha value is -2.87. The summed E-state index contributed by atoms with van der Waals surface area (Å²) in [5, 5.41) is 11.7. The molecule has 0 heterocycles. The minimum Gasteiger partial charge on any atom is -0.493 e. The van der Waals surface area contributed by atoms with Crippen molar-refractivity contribution in [3.8, 4) is 11.8 Å². The highest BCUT2D eigenvalue weighted by Crippen LogP contribution is 2.20. The molecule has 4 nitrogen and oxygen atoms in total. The SMILES string of the molecule is CCOc1cc(C#N)ccc1CNC(=O)c1ccc(F)c(C)c1. The van der Waals surface area contributed by atoms with Gasteiger partial charge in [-0.1, -0.05) is 6.07 Å². The Labute approximate surface area is 134 Å². The number of benzene rings is 2. The van der Waals surface area contributed by atoms with E-state index in [4.69, 9.17) is 10.00 Å². The van der Waals surface area contributed by atoms with E-state index in [1.165, 1.54) is 18.2 Å². The lowest BCUT2D eigenvalue weighted by Crippen LogP contribution is -2.23. The van der Waals surface area contributed by atoms with Gasteiger partial charge in [0.15, 0.2) is 0 Å². The summed E-state index contributed by atoms with van der Waals surface area (Å²) in [4.78, 5) is 12.1. The number of rotatable bonds is 5. The summed E-state index contributed by atoms with van der Waals surface area (Å²) < 4.78 is 18.7. The highest BCUT2D eigenvalue weighted by atomic mass is 19.1. The largest absolute Gasteiger partial charge is 0.493 e. The highest BCUT2D eigenvalue weighted by Gasteiger charge is 2.10. The van der Waals surface area contributed by atoms with Gasteiger partial charge in [-0.3, -0.25) is 4.79 Å². The summed E-state index contributed by atoms with van der Waals surface area (Å²) >= 11 is 0. The molecule has 23 heavy (non-hydrogen) atoms. The number of amides is 1. The fourth-order valence-corrected chi connectivity index (χ4v) is 2.12. The van der Waals surface area contributed by atoms with Crippen LogP contribution in [0.1, 0.15) is 34.0 Å². The summed E-state index contributed by atoms with van der Waals surface area (Å²) in [7, 11) is 0. The molecule has 2 aromatic rings. The first-order valence-electron chi connectivity index (χ1n) is 7.25. The lowest BCUT2D eigenvalue weighted by Gasteiger charge is -2.12. The molecule has 0 saturated carbocycles. The average Bonchev–Trinajstić information content (AvgIpc) is 2.56. The van der Waals surface area contributed by atoms with Crippen LogP contribution in [0.2, 0.25) is 0 Å². The molecule has 0 aromatic heterocycles. The summed E-state index contributed by atoms with van der Waals surface area (Å²) in [5.74, 6) is -0.0608. The molecule has 1 N–H and O–H groups in total. The molecule has 1 amide bonds. The van der Waals surface area contributed by atoms with Gasteiger partial charge in [0.25, 0.3) is 5.91 Å². The maximum Gasteiger partial charge on any atom is 0.251 e. The van der Waals surface area contributed by atoms with Crippen LogP contribution in [0.15, 0.2) is 36.4 Å². The average molecular weight is 312 g/mol. The normalized spacial score (nSPS) is 10.0. The lowest BCUT2D eigenvalue weighted by molar-refractivity contribution is 0.0950. The third-order valence-electron chi connectivity index (χ3n) is 3.36. The molecule has 0 radical (unpaired) electrons. The zero-order chi connectivity index (χ0) is 16.8. The first-order chi connectivity index (χ1) is 11.0. The van der Waals surface area contributed by atoms with Crippen LogP contribution in [-0.4, -0.2) is 12.5 Å². The standard InChI is InChI=1S/C18H17FN2O2/c1-3-23-17-9-13(10-20)4-5-15(17)11-21-18(22)14-6-7-16(19)12(2)8-14/h4-9H,3,11H2,1-2H3,(H,21,22). The van der Waals surface area contributed by atoms with Crippen molar-refractivity contribution in [2.75, 3.05) is 6.61 Å². The van der Waals surface area contributed by atoms with Gasteiger partial charge in [-0.25, -0.2) is 4.39 Å². The molecule has 0 saturated heterocycles. The number of nitriles is 1. The van der Waals surface area contributed by atoms with E-state index in [0.717, 1.165) is 5.56 Å².